The zero-order valence-corrected chi connectivity index (χ0v) is 17.7. The monoisotopic (exact) mass is 394 g/mol. The van der Waals surface area contributed by atoms with E-state index >= 15 is 0 Å². The van der Waals surface area contributed by atoms with E-state index < -0.39 is 0 Å². The summed E-state index contributed by atoms with van der Waals surface area (Å²) in [4.78, 5) is 24.5. The molecule has 1 fully saturated rings. The molecular formula is C19H34N6OS. The van der Waals surface area contributed by atoms with Gasteiger partial charge in [0.1, 0.15) is 5.01 Å². The zero-order chi connectivity index (χ0) is 19.5. The maximum absolute atomic E-state index is 11.9. The van der Waals surface area contributed by atoms with Gasteiger partial charge >= 0.3 is 0 Å². The van der Waals surface area contributed by atoms with Crippen LogP contribution in [0.25, 0.3) is 0 Å². The molecule has 3 N–H and O–H groups in total. The fraction of sp³-hybridized carbons (Fsp3) is 0.737. The molecule has 0 radical (unpaired) electrons. The maximum Gasteiger partial charge on any atom is 0.234 e. The number of nitrogens with one attached hydrogen (secondary N) is 3. The van der Waals surface area contributed by atoms with E-state index in [0.29, 0.717) is 19.1 Å². The lowest BCUT2D eigenvalue weighted by molar-refractivity contribution is -0.122. The number of hydrogen-bond donors (Lipinski definition) is 3. The van der Waals surface area contributed by atoms with Crippen molar-refractivity contribution in [2.24, 2.45) is 4.99 Å². The van der Waals surface area contributed by atoms with Crippen molar-refractivity contribution in [3.8, 4) is 0 Å². The number of thiazole rings is 1. The number of nitrogens with zero attached hydrogens (tertiary/aromatic N) is 3. The van der Waals surface area contributed by atoms with E-state index in [-0.39, 0.29) is 5.91 Å². The number of likely N-dealkylation sites (tertiary alicyclic amines) is 1. The summed E-state index contributed by atoms with van der Waals surface area (Å²) >= 11 is 1.73. The molecule has 1 saturated heterocycles. The quantitative estimate of drug-likeness (QED) is 0.439. The summed E-state index contributed by atoms with van der Waals surface area (Å²) < 4.78 is 0. The van der Waals surface area contributed by atoms with Gasteiger partial charge < -0.3 is 16.0 Å². The topological polar surface area (TPSA) is 81.7 Å². The molecule has 0 saturated carbocycles. The summed E-state index contributed by atoms with van der Waals surface area (Å²) in [5.41, 5.74) is 0. The summed E-state index contributed by atoms with van der Waals surface area (Å²) in [5, 5.41) is 10.9. The summed E-state index contributed by atoms with van der Waals surface area (Å²) in [6.07, 6.45) is 5.98. The number of aryl methyl sites for hydroxylation is 1. The highest BCUT2D eigenvalue weighted by atomic mass is 32.1. The Morgan fingerprint density at radius 2 is 2.07 bits per heavy atom. The molecule has 0 atom stereocenters. The van der Waals surface area contributed by atoms with E-state index in [4.69, 9.17) is 4.99 Å². The predicted molar refractivity (Wildman–Crippen MR) is 112 cm³/mol. The Kier molecular flexibility index (Phi) is 9.55. The number of carbonyl (C=O) groups excluding carboxylic acids is 1. The van der Waals surface area contributed by atoms with Crippen molar-refractivity contribution in [1.29, 1.82) is 0 Å². The minimum atomic E-state index is 0.132. The van der Waals surface area contributed by atoms with Gasteiger partial charge in [-0.15, -0.1) is 11.3 Å². The third-order valence-electron chi connectivity index (χ3n) is 4.53. The van der Waals surface area contributed by atoms with Gasteiger partial charge in [0.05, 0.1) is 13.1 Å². The van der Waals surface area contributed by atoms with Crippen LogP contribution in [0.1, 0.15) is 49.9 Å². The lowest BCUT2D eigenvalue weighted by Gasteiger charge is -2.32. The van der Waals surface area contributed by atoms with Gasteiger partial charge in [-0.05, 0) is 32.6 Å². The second kappa shape index (κ2) is 11.9. The molecule has 1 aliphatic heterocycles. The number of rotatable bonds is 9. The van der Waals surface area contributed by atoms with Gasteiger partial charge in [0, 0.05) is 43.3 Å². The number of aliphatic imine (C=N–C) groups is 1. The van der Waals surface area contributed by atoms with Crippen LogP contribution in [0.15, 0.2) is 11.2 Å². The Balaban J connectivity index is 1.78. The standard InChI is InChI=1S/C19H34N6OS/c1-4-9-21-17(26)14-25-10-7-15(8-11-25)24-19(20-6-3)23-13-18-22-12-16(5-2)27-18/h12,15H,4-11,13-14H2,1-3H3,(H,21,26)(H2,20,23,24). The largest absolute Gasteiger partial charge is 0.357 e. The van der Waals surface area contributed by atoms with Gasteiger partial charge in [0.25, 0.3) is 0 Å². The van der Waals surface area contributed by atoms with Crippen molar-refractivity contribution in [2.45, 2.75) is 59.0 Å². The van der Waals surface area contributed by atoms with Gasteiger partial charge in [0.2, 0.25) is 5.91 Å². The fourth-order valence-corrected chi connectivity index (χ4v) is 3.79. The molecule has 1 aromatic heterocycles. The smallest absolute Gasteiger partial charge is 0.234 e. The van der Waals surface area contributed by atoms with E-state index in [1.54, 1.807) is 11.3 Å². The van der Waals surface area contributed by atoms with Gasteiger partial charge in [-0.1, -0.05) is 13.8 Å². The van der Waals surface area contributed by atoms with Gasteiger partial charge in [-0.3, -0.25) is 9.69 Å². The van der Waals surface area contributed by atoms with Crippen molar-refractivity contribution in [1.82, 2.24) is 25.8 Å². The number of hydrogen-bond acceptors (Lipinski definition) is 5. The first-order valence-electron chi connectivity index (χ1n) is 10.1. The Morgan fingerprint density at radius 1 is 1.30 bits per heavy atom. The highest BCUT2D eigenvalue weighted by Crippen LogP contribution is 2.14. The van der Waals surface area contributed by atoms with Gasteiger partial charge in [-0.2, -0.15) is 0 Å². The van der Waals surface area contributed by atoms with Crippen LogP contribution >= 0.6 is 11.3 Å². The van der Waals surface area contributed by atoms with Crippen molar-refractivity contribution < 1.29 is 4.79 Å². The summed E-state index contributed by atoms with van der Waals surface area (Å²) in [7, 11) is 0. The summed E-state index contributed by atoms with van der Waals surface area (Å²) in [6.45, 7) is 10.9. The molecular weight excluding hydrogens is 360 g/mol. The zero-order valence-electron chi connectivity index (χ0n) is 16.9. The molecule has 7 nitrogen and oxygen atoms in total. The fourth-order valence-electron chi connectivity index (χ4n) is 3.00. The molecule has 8 heteroatoms. The molecule has 152 valence electrons. The van der Waals surface area contributed by atoms with Crippen molar-refractivity contribution in [3.63, 3.8) is 0 Å². The molecule has 2 heterocycles. The Morgan fingerprint density at radius 3 is 2.70 bits per heavy atom. The third kappa shape index (κ3) is 7.84. The first-order valence-corrected chi connectivity index (χ1v) is 10.9. The summed E-state index contributed by atoms with van der Waals surface area (Å²) in [5.74, 6) is 0.984. The number of piperidine rings is 1. The molecule has 0 aliphatic carbocycles. The molecule has 0 bridgehead atoms. The molecule has 1 aliphatic rings. The lowest BCUT2D eigenvalue weighted by Crippen LogP contribution is -2.50. The summed E-state index contributed by atoms with van der Waals surface area (Å²) in [6, 6.07) is 0.389. The highest BCUT2D eigenvalue weighted by molar-refractivity contribution is 7.11. The van der Waals surface area contributed by atoms with Crippen LogP contribution in [0.4, 0.5) is 0 Å². The normalized spacial score (nSPS) is 16.3. The molecule has 27 heavy (non-hydrogen) atoms. The van der Waals surface area contributed by atoms with Crippen LogP contribution in [0, 0.1) is 0 Å². The Hall–Kier alpha value is -1.67. The average molecular weight is 395 g/mol. The van der Waals surface area contributed by atoms with Crippen molar-refractivity contribution in [3.05, 3.63) is 16.1 Å². The first-order chi connectivity index (χ1) is 13.1. The minimum absolute atomic E-state index is 0.132. The van der Waals surface area contributed by atoms with Crippen LogP contribution in [0.5, 0.6) is 0 Å². The second-order valence-corrected chi connectivity index (χ2v) is 8.01. The van der Waals surface area contributed by atoms with Crippen molar-refractivity contribution in [2.75, 3.05) is 32.7 Å². The van der Waals surface area contributed by atoms with Gasteiger partial charge in [0.15, 0.2) is 5.96 Å². The van der Waals surface area contributed by atoms with E-state index in [2.05, 4.69) is 46.6 Å². The maximum atomic E-state index is 11.9. The minimum Gasteiger partial charge on any atom is -0.357 e. The molecule has 1 aromatic rings. The van der Waals surface area contributed by atoms with Crippen LogP contribution < -0.4 is 16.0 Å². The number of amides is 1. The first kappa shape index (κ1) is 21.6. The molecule has 1 amide bonds. The average Bonchev–Trinajstić information content (AvgIpc) is 3.14. The van der Waals surface area contributed by atoms with E-state index in [0.717, 1.165) is 62.8 Å². The van der Waals surface area contributed by atoms with Crippen LogP contribution in [-0.4, -0.2) is 60.5 Å². The molecule has 0 aromatic carbocycles. The Labute approximate surface area is 167 Å². The van der Waals surface area contributed by atoms with Gasteiger partial charge in [-0.25, -0.2) is 9.98 Å². The van der Waals surface area contributed by atoms with Crippen LogP contribution in [-0.2, 0) is 17.8 Å². The molecule has 2 rings (SSSR count). The molecule has 0 unspecified atom stereocenters. The van der Waals surface area contributed by atoms with Crippen LogP contribution in [0.3, 0.4) is 0 Å². The van der Waals surface area contributed by atoms with E-state index in [9.17, 15) is 4.79 Å². The number of aromatic nitrogens is 1. The van der Waals surface area contributed by atoms with E-state index in [1.807, 2.05) is 6.20 Å². The second-order valence-electron chi connectivity index (χ2n) is 6.81. The third-order valence-corrected chi connectivity index (χ3v) is 5.66. The SMILES string of the molecule is CCCNC(=O)CN1CCC(NC(=NCc2ncc(CC)s2)NCC)CC1. The molecule has 0 spiro atoms. The van der Waals surface area contributed by atoms with Crippen molar-refractivity contribution >= 4 is 23.2 Å². The number of carbonyl (C=O) groups is 1. The van der Waals surface area contributed by atoms with Crippen LogP contribution in [0.2, 0.25) is 0 Å². The van der Waals surface area contributed by atoms with E-state index in [1.165, 1.54) is 4.88 Å². The lowest BCUT2D eigenvalue weighted by atomic mass is 10.1. The highest BCUT2D eigenvalue weighted by Gasteiger charge is 2.21. The Bertz CT molecular complexity index is 595. The predicted octanol–water partition coefficient (Wildman–Crippen LogP) is 1.75. The number of guanidine groups is 1.